The zero-order valence-electron chi connectivity index (χ0n) is 14.5. The minimum Gasteiger partial charge on any atom is -0.343 e. The van der Waals surface area contributed by atoms with Crippen LogP contribution in [0.4, 0.5) is 0 Å². The number of carbonyl (C=O) groups is 1. The van der Waals surface area contributed by atoms with Gasteiger partial charge in [-0.05, 0) is 50.6 Å². The van der Waals surface area contributed by atoms with Crippen LogP contribution in [0.3, 0.4) is 0 Å². The lowest BCUT2D eigenvalue weighted by molar-refractivity contribution is -0.134. The van der Waals surface area contributed by atoms with Gasteiger partial charge >= 0.3 is 0 Å². The molecule has 1 heterocycles. The SMILES string of the molecule is CNCCC1CCN(C(=O)CC(C)C2CCCCC2)CC1.Cl. The van der Waals surface area contributed by atoms with Crippen molar-refractivity contribution in [2.75, 3.05) is 26.7 Å². The molecule has 22 heavy (non-hydrogen) atoms. The molecule has 1 unspecified atom stereocenters. The second-order valence-corrected chi connectivity index (χ2v) is 7.30. The first-order chi connectivity index (χ1) is 10.2. The Bertz CT molecular complexity index is 310. The molecule has 130 valence electrons. The minimum atomic E-state index is 0. The van der Waals surface area contributed by atoms with Crippen molar-refractivity contribution in [1.29, 1.82) is 0 Å². The van der Waals surface area contributed by atoms with Gasteiger partial charge in [-0.25, -0.2) is 0 Å². The Morgan fingerprint density at radius 3 is 2.36 bits per heavy atom. The molecule has 0 aromatic heterocycles. The van der Waals surface area contributed by atoms with E-state index in [1.807, 2.05) is 7.05 Å². The molecule has 1 saturated carbocycles. The van der Waals surface area contributed by atoms with E-state index in [1.165, 1.54) is 51.4 Å². The van der Waals surface area contributed by atoms with E-state index in [4.69, 9.17) is 0 Å². The largest absolute Gasteiger partial charge is 0.343 e. The van der Waals surface area contributed by atoms with Crippen molar-refractivity contribution in [2.24, 2.45) is 17.8 Å². The topological polar surface area (TPSA) is 32.3 Å². The molecule has 1 amide bonds. The highest BCUT2D eigenvalue weighted by atomic mass is 35.5. The van der Waals surface area contributed by atoms with Crippen LogP contribution in [-0.2, 0) is 4.79 Å². The van der Waals surface area contributed by atoms with Gasteiger partial charge < -0.3 is 10.2 Å². The number of rotatable bonds is 6. The van der Waals surface area contributed by atoms with Gasteiger partial charge in [0, 0.05) is 19.5 Å². The van der Waals surface area contributed by atoms with E-state index >= 15 is 0 Å². The molecule has 0 aromatic rings. The maximum atomic E-state index is 12.5. The molecule has 1 saturated heterocycles. The van der Waals surface area contributed by atoms with Crippen molar-refractivity contribution in [2.45, 2.75) is 64.7 Å². The Morgan fingerprint density at radius 1 is 1.14 bits per heavy atom. The van der Waals surface area contributed by atoms with E-state index in [0.717, 1.165) is 37.9 Å². The molecule has 0 bridgehead atoms. The Labute approximate surface area is 143 Å². The summed E-state index contributed by atoms with van der Waals surface area (Å²) in [5, 5.41) is 3.23. The Morgan fingerprint density at radius 2 is 1.77 bits per heavy atom. The molecule has 0 spiro atoms. The molecule has 2 aliphatic rings. The molecule has 1 aliphatic heterocycles. The summed E-state index contributed by atoms with van der Waals surface area (Å²) in [6, 6.07) is 0. The Hall–Kier alpha value is -0.280. The van der Waals surface area contributed by atoms with Crippen LogP contribution in [0.2, 0.25) is 0 Å². The maximum absolute atomic E-state index is 12.5. The van der Waals surface area contributed by atoms with Gasteiger partial charge in [0.1, 0.15) is 0 Å². The molecule has 4 heteroatoms. The summed E-state index contributed by atoms with van der Waals surface area (Å²) in [6.07, 6.45) is 11.3. The van der Waals surface area contributed by atoms with Gasteiger partial charge in [0.15, 0.2) is 0 Å². The average Bonchev–Trinajstić information content (AvgIpc) is 2.54. The molecule has 0 aromatic carbocycles. The number of amides is 1. The van der Waals surface area contributed by atoms with Gasteiger partial charge in [-0.2, -0.15) is 0 Å². The van der Waals surface area contributed by atoms with Crippen molar-refractivity contribution >= 4 is 18.3 Å². The number of carbonyl (C=O) groups excluding carboxylic acids is 1. The van der Waals surface area contributed by atoms with E-state index < -0.39 is 0 Å². The highest BCUT2D eigenvalue weighted by Gasteiger charge is 2.26. The third-order valence-corrected chi connectivity index (χ3v) is 5.72. The van der Waals surface area contributed by atoms with Crippen LogP contribution in [0.1, 0.15) is 64.7 Å². The fourth-order valence-electron chi connectivity index (χ4n) is 4.09. The summed E-state index contributed by atoms with van der Waals surface area (Å²) in [7, 11) is 2.02. The van der Waals surface area contributed by atoms with Crippen LogP contribution in [0.5, 0.6) is 0 Å². The van der Waals surface area contributed by atoms with Crippen molar-refractivity contribution < 1.29 is 4.79 Å². The molecule has 3 nitrogen and oxygen atoms in total. The van der Waals surface area contributed by atoms with Gasteiger partial charge in [-0.1, -0.05) is 39.0 Å². The van der Waals surface area contributed by atoms with E-state index in [9.17, 15) is 4.79 Å². The Kier molecular flexibility index (Phi) is 9.42. The van der Waals surface area contributed by atoms with E-state index in [0.29, 0.717) is 11.8 Å². The Balaban J connectivity index is 0.00000242. The van der Waals surface area contributed by atoms with Crippen LogP contribution in [-0.4, -0.2) is 37.5 Å². The second-order valence-electron chi connectivity index (χ2n) is 7.30. The fourth-order valence-corrected chi connectivity index (χ4v) is 4.09. The quantitative estimate of drug-likeness (QED) is 0.802. The third kappa shape index (κ3) is 6.08. The van der Waals surface area contributed by atoms with Gasteiger partial charge in [-0.15, -0.1) is 12.4 Å². The molecular weight excluding hydrogens is 296 g/mol. The van der Waals surface area contributed by atoms with Gasteiger partial charge in [0.05, 0.1) is 0 Å². The number of halogens is 1. The molecule has 2 rings (SSSR count). The standard InChI is InChI=1S/C18H34N2O.ClH/c1-15(17-6-4-3-5-7-17)14-18(21)20-12-9-16(10-13-20)8-11-19-2;/h15-17,19H,3-14H2,1-2H3;1H. The summed E-state index contributed by atoms with van der Waals surface area (Å²) in [5.41, 5.74) is 0. The average molecular weight is 331 g/mol. The lowest BCUT2D eigenvalue weighted by atomic mass is 9.79. The number of piperidine rings is 1. The fraction of sp³-hybridized carbons (Fsp3) is 0.944. The lowest BCUT2D eigenvalue weighted by Crippen LogP contribution is -2.40. The highest BCUT2D eigenvalue weighted by Crippen LogP contribution is 2.32. The summed E-state index contributed by atoms with van der Waals surface area (Å²) >= 11 is 0. The van der Waals surface area contributed by atoms with Crippen molar-refractivity contribution in [3.05, 3.63) is 0 Å². The smallest absolute Gasteiger partial charge is 0.222 e. The molecule has 1 N–H and O–H groups in total. The summed E-state index contributed by atoms with van der Waals surface area (Å²) in [6.45, 7) is 5.39. The maximum Gasteiger partial charge on any atom is 0.222 e. The van der Waals surface area contributed by atoms with Crippen LogP contribution < -0.4 is 5.32 Å². The van der Waals surface area contributed by atoms with Crippen LogP contribution >= 0.6 is 12.4 Å². The van der Waals surface area contributed by atoms with Crippen molar-refractivity contribution in [3.8, 4) is 0 Å². The van der Waals surface area contributed by atoms with E-state index in [2.05, 4.69) is 17.1 Å². The first-order valence-electron chi connectivity index (χ1n) is 9.13. The van der Waals surface area contributed by atoms with E-state index in [1.54, 1.807) is 0 Å². The van der Waals surface area contributed by atoms with Crippen molar-refractivity contribution in [3.63, 3.8) is 0 Å². The predicted octanol–water partition coefficient (Wildman–Crippen LogP) is 3.86. The molecule has 2 fully saturated rings. The monoisotopic (exact) mass is 330 g/mol. The normalized spacial score (nSPS) is 22.2. The summed E-state index contributed by atoms with van der Waals surface area (Å²) < 4.78 is 0. The second kappa shape index (κ2) is 10.5. The van der Waals surface area contributed by atoms with Crippen LogP contribution in [0.15, 0.2) is 0 Å². The highest BCUT2D eigenvalue weighted by molar-refractivity contribution is 5.85. The van der Waals surface area contributed by atoms with E-state index in [-0.39, 0.29) is 12.4 Å². The number of nitrogens with one attached hydrogen (secondary N) is 1. The zero-order chi connectivity index (χ0) is 15.1. The number of hydrogen-bond donors (Lipinski definition) is 1. The third-order valence-electron chi connectivity index (χ3n) is 5.72. The number of hydrogen-bond acceptors (Lipinski definition) is 2. The summed E-state index contributed by atoms with van der Waals surface area (Å²) in [4.78, 5) is 14.6. The minimum absolute atomic E-state index is 0. The number of nitrogens with zero attached hydrogens (tertiary/aromatic N) is 1. The zero-order valence-corrected chi connectivity index (χ0v) is 15.3. The van der Waals surface area contributed by atoms with Crippen LogP contribution in [0.25, 0.3) is 0 Å². The molecular formula is C18H35ClN2O. The molecule has 0 radical (unpaired) electrons. The molecule has 1 atom stereocenters. The van der Waals surface area contributed by atoms with Gasteiger partial charge in [0.2, 0.25) is 5.91 Å². The lowest BCUT2D eigenvalue weighted by Gasteiger charge is -2.34. The molecule has 1 aliphatic carbocycles. The van der Waals surface area contributed by atoms with Crippen LogP contribution in [0, 0.1) is 17.8 Å². The van der Waals surface area contributed by atoms with Gasteiger partial charge in [-0.3, -0.25) is 4.79 Å². The van der Waals surface area contributed by atoms with Crippen molar-refractivity contribution in [1.82, 2.24) is 10.2 Å². The summed E-state index contributed by atoms with van der Waals surface area (Å²) in [5.74, 6) is 2.62. The number of likely N-dealkylation sites (tertiary alicyclic amines) is 1. The first-order valence-corrected chi connectivity index (χ1v) is 9.13. The first kappa shape index (κ1) is 19.8. The predicted molar refractivity (Wildman–Crippen MR) is 95.5 cm³/mol. The van der Waals surface area contributed by atoms with Gasteiger partial charge in [0.25, 0.3) is 0 Å².